The minimum Gasteiger partial charge on any atom is -0.497 e. The van der Waals surface area contributed by atoms with Gasteiger partial charge in [0.05, 0.1) is 14.2 Å². The van der Waals surface area contributed by atoms with Crippen molar-refractivity contribution in [2.75, 3.05) is 14.2 Å². The lowest BCUT2D eigenvalue weighted by atomic mass is 9.91. The highest BCUT2D eigenvalue weighted by molar-refractivity contribution is 5.96. The Balaban J connectivity index is 1.93. The molecule has 0 unspecified atom stereocenters. The third-order valence-corrected chi connectivity index (χ3v) is 4.69. The molecule has 2 heteroatoms. The van der Waals surface area contributed by atoms with Crippen LogP contribution in [-0.4, -0.2) is 14.2 Å². The average Bonchev–Trinajstić information content (AvgIpc) is 2.73. The van der Waals surface area contributed by atoms with Crippen molar-refractivity contribution >= 4 is 10.8 Å². The van der Waals surface area contributed by atoms with Crippen molar-refractivity contribution in [3.63, 3.8) is 0 Å². The van der Waals surface area contributed by atoms with Gasteiger partial charge in [-0.05, 0) is 69.4 Å². The van der Waals surface area contributed by atoms with Crippen molar-refractivity contribution in [2.24, 2.45) is 0 Å². The van der Waals surface area contributed by atoms with Gasteiger partial charge in [-0.2, -0.15) is 0 Å². The molecule has 0 atom stereocenters. The van der Waals surface area contributed by atoms with Crippen molar-refractivity contribution in [3.05, 3.63) is 84.9 Å². The summed E-state index contributed by atoms with van der Waals surface area (Å²) in [5, 5.41) is 2.46. The number of fused-ring (bicyclic) bond motifs is 1. The van der Waals surface area contributed by atoms with E-state index in [0.717, 1.165) is 11.5 Å². The van der Waals surface area contributed by atoms with Crippen LogP contribution in [0.5, 0.6) is 11.5 Å². The second-order valence-corrected chi connectivity index (χ2v) is 6.20. The molecule has 0 aromatic heterocycles. The van der Waals surface area contributed by atoms with E-state index >= 15 is 0 Å². The topological polar surface area (TPSA) is 18.5 Å². The first-order valence-electron chi connectivity index (χ1n) is 8.60. The van der Waals surface area contributed by atoms with E-state index < -0.39 is 0 Å². The molecule has 0 amide bonds. The van der Waals surface area contributed by atoms with Crippen LogP contribution in [0, 0.1) is 0 Å². The second kappa shape index (κ2) is 6.93. The Kier molecular flexibility index (Phi) is 4.32. The van der Waals surface area contributed by atoms with E-state index in [1.165, 1.54) is 33.0 Å². The molecule has 0 aliphatic carbocycles. The normalized spacial score (nSPS) is 10.7. The fourth-order valence-electron chi connectivity index (χ4n) is 3.26. The molecule has 0 aliphatic rings. The molecule has 0 radical (unpaired) electrons. The lowest BCUT2D eigenvalue weighted by molar-refractivity contribution is 0.414. The zero-order valence-corrected chi connectivity index (χ0v) is 14.9. The number of methoxy groups -OCH3 is 2. The molecule has 4 aromatic carbocycles. The van der Waals surface area contributed by atoms with Gasteiger partial charge in [-0.3, -0.25) is 0 Å². The number of ether oxygens (including phenoxy) is 2. The van der Waals surface area contributed by atoms with Crippen LogP contribution in [0.2, 0.25) is 0 Å². The number of hydrogen-bond acceptors (Lipinski definition) is 2. The van der Waals surface area contributed by atoms with Crippen molar-refractivity contribution in [2.45, 2.75) is 0 Å². The number of rotatable bonds is 4. The molecule has 128 valence electrons. The molecular formula is C24H20O2. The van der Waals surface area contributed by atoms with Gasteiger partial charge >= 0.3 is 0 Å². The lowest BCUT2D eigenvalue weighted by Crippen LogP contribution is -1.89. The van der Waals surface area contributed by atoms with E-state index in [9.17, 15) is 0 Å². The molecule has 0 heterocycles. The average molecular weight is 340 g/mol. The smallest absolute Gasteiger partial charge is 0.118 e. The maximum Gasteiger partial charge on any atom is 0.118 e. The summed E-state index contributed by atoms with van der Waals surface area (Å²) < 4.78 is 10.6. The van der Waals surface area contributed by atoms with Gasteiger partial charge in [-0.15, -0.1) is 0 Å². The molecule has 0 aliphatic heterocycles. The second-order valence-electron chi connectivity index (χ2n) is 6.20. The zero-order chi connectivity index (χ0) is 17.9. The van der Waals surface area contributed by atoms with Crippen molar-refractivity contribution in [3.8, 4) is 33.8 Å². The van der Waals surface area contributed by atoms with Gasteiger partial charge in [0, 0.05) is 0 Å². The molecule has 2 nitrogen and oxygen atoms in total. The summed E-state index contributed by atoms with van der Waals surface area (Å²) >= 11 is 0. The molecule has 4 aromatic rings. The van der Waals surface area contributed by atoms with Gasteiger partial charge in [-0.1, -0.05) is 48.5 Å². The summed E-state index contributed by atoms with van der Waals surface area (Å²) in [4.78, 5) is 0. The predicted octanol–water partition coefficient (Wildman–Crippen LogP) is 6.19. The summed E-state index contributed by atoms with van der Waals surface area (Å²) in [6, 6.07) is 29.4. The highest BCUT2D eigenvalue weighted by Crippen LogP contribution is 2.36. The molecule has 26 heavy (non-hydrogen) atoms. The number of benzene rings is 4. The Morgan fingerprint density at radius 2 is 0.885 bits per heavy atom. The van der Waals surface area contributed by atoms with Crippen LogP contribution in [0.25, 0.3) is 33.0 Å². The predicted molar refractivity (Wildman–Crippen MR) is 108 cm³/mol. The molecule has 0 bridgehead atoms. The first-order chi connectivity index (χ1) is 12.8. The largest absolute Gasteiger partial charge is 0.497 e. The minimum atomic E-state index is 0.862. The highest BCUT2D eigenvalue weighted by atomic mass is 16.5. The van der Waals surface area contributed by atoms with Gasteiger partial charge in [0.1, 0.15) is 11.5 Å². The molecule has 0 N–H and O–H groups in total. The van der Waals surface area contributed by atoms with E-state index in [0.29, 0.717) is 0 Å². The van der Waals surface area contributed by atoms with Crippen LogP contribution in [-0.2, 0) is 0 Å². The van der Waals surface area contributed by atoms with Crippen LogP contribution < -0.4 is 9.47 Å². The van der Waals surface area contributed by atoms with Crippen LogP contribution >= 0.6 is 0 Å². The molecule has 0 spiro atoms. The van der Waals surface area contributed by atoms with E-state index in [4.69, 9.17) is 9.47 Å². The fourth-order valence-corrected chi connectivity index (χ4v) is 3.26. The third kappa shape index (κ3) is 3.02. The Labute approximate surface area is 153 Å². The highest BCUT2D eigenvalue weighted by Gasteiger charge is 2.10. The molecule has 0 saturated carbocycles. The van der Waals surface area contributed by atoms with Crippen LogP contribution in [0.15, 0.2) is 84.9 Å². The first-order valence-corrected chi connectivity index (χ1v) is 8.60. The maximum atomic E-state index is 5.30. The monoisotopic (exact) mass is 340 g/mol. The molecule has 0 fully saturated rings. The van der Waals surface area contributed by atoms with Gasteiger partial charge in [0.15, 0.2) is 0 Å². The Morgan fingerprint density at radius 3 is 1.23 bits per heavy atom. The lowest BCUT2D eigenvalue weighted by Gasteiger charge is -2.13. The van der Waals surface area contributed by atoms with Crippen molar-refractivity contribution in [1.29, 1.82) is 0 Å². The molecular weight excluding hydrogens is 320 g/mol. The van der Waals surface area contributed by atoms with Crippen molar-refractivity contribution in [1.82, 2.24) is 0 Å². The number of hydrogen-bond donors (Lipinski definition) is 0. The third-order valence-electron chi connectivity index (χ3n) is 4.69. The van der Waals surface area contributed by atoms with E-state index in [1.54, 1.807) is 14.2 Å². The van der Waals surface area contributed by atoms with E-state index in [-0.39, 0.29) is 0 Å². The molecule has 4 rings (SSSR count). The summed E-state index contributed by atoms with van der Waals surface area (Å²) in [7, 11) is 3.38. The molecule has 0 saturated heterocycles. The van der Waals surface area contributed by atoms with Crippen LogP contribution in [0.1, 0.15) is 0 Å². The summed E-state index contributed by atoms with van der Waals surface area (Å²) in [5.41, 5.74) is 4.75. The van der Waals surface area contributed by atoms with Gasteiger partial charge in [0.25, 0.3) is 0 Å². The minimum absolute atomic E-state index is 0.862. The first kappa shape index (κ1) is 16.2. The van der Waals surface area contributed by atoms with Crippen LogP contribution in [0.4, 0.5) is 0 Å². The van der Waals surface area contributed by atoms with Gasteiger partial charge in [-0.25, -0.2) is 0 Å². The fraction of sp³-hybridized carbons (Fsp3) is 0.0833. The van der Waals surface area contributed by atoms with E-state index in [2.05, 4.69) is 60.7 Å². The van der Waals surface area contributed by atoms with Gasteiger partial charge in [0.2, 0.25) is 0 Å². The summed E-state index contributed by atoms with van der Waals surface area (Å²) in [5.74, 6) is 1.72. The summed E-state index contributed by atoms with van der Waals surface area (Å²) in [6.07, 6.45) is 0. The Morgan fingerprint density at radius 1 is 0.500 bits per heavy atom. The maximum absolute atomic E-state index is 5.30. The van der Waals surface area contributed by atoms with Crippen molar-refractivity contribution < 1.29 is 9.47 Å². The zero-order valence-electron chi connectivity index (χ0n) is 14.9. The standard InChI is InChI=1S/C24H20O2/c1-25-21-11-7-17(8-12-21)23-15-19-5-3-4-6-20(19)16-24(23)18-9-13-22(26-2)14-10-18/h3-16H,1-2H3. The quantitative estimate of drug-likeness (QED) is 0.441. The van der Waals surface area contributed by atoms with Crippen LogP contribution in [0.3, 0.4) is 0 Å². The van der Waals surface area contributed by atoms with E-state index in [1.807, 2.05) is 24.3 Å². The van der Waals surface area contributed by atoms with Gasteiger partial charge < -0.3 is 9.47 Å². The SMILES string of the molecule is COc1ccc(-c2cc3ccccc3cc2-c2ccc(OC)cc2)cc1. The Bertz CT molecular complexity index is 946. The Hall–Kier alpha value is -3.26. The summed E-state index contributed by atoms with van der Waals surface area (Å²) in [6.45, 7) is 0.